The van der Waals surface area contributed by atoms with Crippen LogP contribution in [-0.2, 0) is 17.6 Å². The molecule has 0 bridgehead atoms. The van der Waals surface area contributed by atoms with Crippen LogP contribution in [-0.4, -0.2) is 25.5 Å². The van der Waals surface area contributed by atoms with Crippen molar-refractivity contribution in [2.75, 3.05) is 24.4 Å². The topological polar surface area (TPSA) is 100 Å². The van der Waals surface area contributed by atoms with E-state index >= 15 is 0 Å². The number of hydrogen-bond acceptors (Lipinski definition) is 6. The lowest BCUT2D eigenvalue weighted by Crippen LogP contribution is -2.22. The first-order valence-corrected chi connectivity index (χ1v) is 11.4. The number of fused-ring (bicyclic) bond motifs is 1. The van der Waals surface area contributed by atoms with Gasteiger partial charge in [0.2, 0.25) is 0 Å². The Bertz CT molecular complexity index is 1190. The number of nitrogens with one attached hydrogen (secondary N) is 2. The molecule has 7 nitrogen and oxygen atoms in total. The maximum absolute atomic E-state index is 13.2. The normalized spacial score (nSPS) is 12.2. The minimum atomic E-state index is -0.351. The second-order valence-electron chi connectivity index (χ2n) is 7.57. The number of nitrogens with zero attached hydrogens (tertiary/aromatic N) is 1. The zero-order chi connectivity index (χ0) is 23.2. The number of ether oxygens (including phenoxy) is 2. The van der Waals surface area contributed by atoms with E-state index in [4.69, 9.17) is 14.7 Å². The first kappa shape index (κ1) is 22.4. The predicted octanol–water partition coefficient (Wildman–Crippen LogP) is 4.78. The van der Waals surface area contributed by atoms with Crippen LogP contribution < -0.4 is 20.1 Å². The van der Waals surface area contributed by atoms with Gasteiger partial charge in [0, 0.05) is 10.6 Å². The van der Waals surface area contributed by atoms with E-state index in [9.17, 15) is 9.59 Å². The SMILES string of the molecule is COc1ccc(NC(=O)c2c(NC(=O)COc3ccc(C#N)cc3)sc3c2CCCC3)cc1. The fourth-order valence-electron chi connectivity index (χ4n) is 3.70. The van der Waals surface area contributed by atoms with Crippen molar-refractivity contribution in [1.29, 1.82) is 5.26 Å². The van der Waals surface area contributed by atoms with Gasteiger partial charge < -0.3 is 20.1 Å². The van der Waals surface area contributed by atoms with Gasteiger partial charge in [-0.1, -0.05) is 0 Å². The molecule has 2 amide bonds. The van der Waals surface area contributed by atoms with Crippen molar-refractivity contribution in [2.24, 2.45) is 0 Å². The van der Waals surface area contributed by atoms with Crippen molar-refractivity contribution in [3.05, 3.63) is 70.1 Å². The predicted molar refractivity (Wildman–Crippen MR) is 127 cm³/mol. The number of methoxy groups -OCH3 is 1. The van der Waals surface area contributed by atoms with Gasteiger partial charge in [-0.15, -0.1) is 11.3 Å². The molecule has 0 fully saturated rings. The van der Waals surface area contributed by atoms with Crippen LogP contribution in [0.1, 0.15) is 39.2 Å². The van der Waals surface area contributed by atoms with E-state index in [-0.39, 0.29) is 18.4 Å². The van der Waals surface area contributed by atoms with E-state index in [2.05, 4.69) is 10.6 Å². The van der Waals surface area contributed by atoms with Crippen molar-refractivity contribution in [3.8, 4) is 17.6 Å². The lowest BCUT2D eigenvalue weighted by atomic mass is 9.95. The number of thiophene rings is 1. The van der Waals surface area contributed by atoms with Gasteiger partial charge in [-0.2, -0.15) is 5.26 Å². The molecule has 8 heteroatoms. The minimum Gasteiger partial charge on any atom is -0.497 e. The van der Waals surface area contributed by atoms with E-state index in [0.29, 0.717) is 33.3 Å². The van der Waals surface area contributed by atoms with Gasteiger partial charge in [0.25, 0.3) is 11.8 Å². The third-order valence-electron chi connectivity index (χ3n) is 5.35. The standard InChI is InChI=1S/C25H23N3O4S/c1-31-18-12-8-17(9-13-18)27-24(30)23-20-4-2-3-5-21(20)33-25(23)28-22(29)15-32-19-10-6-16(14-26)7-11-19/h6-13H,2-5,15H2,1H3,(H,27,30)(H,28,29). The number of benzene rings is 2. The zero-order valence-electron chi connectivity index (χ0n) is 18.1. The number of aryl methyl sites for hydroxylation is 1. The third-order valence-corrected chi connectivity index (χ3v) is 6.56. The van der Waals surface area contributed by atoms with Gasteiger partial charge >= 0.3 is 0 Å². The van der Waals surface area contributed by atoms with E-state index in [1.165, 1.54) is 11.3 Å². The fourth-order valence-corrected chi connectivity index (χ4v) is 5.00. The highest BCUT2D eigenvalue weighted by Gasteiger charge is 2.26. The number of carbonyl (C=O) groups excluding carboxylic acids is 2. The number of nitriles is 1. The fraction of sp³-hybridized carbons (Fsp3) is 0.240. The van der Waals surface area contributed by atoms with Crippen LogP contribution in [0.5, 0.6) is 11.5 Å². The van der Waals surface area contributed by atoms with Crippen LogP contribution in [0.4, 0.5) is 10.7 Å². The summed E-state index contributed by atoms with van der Waals surface area (Å²) in [7, 11) is 1.59. The summed E-state index contributed by atoms with van der Waals surface area (Å²) in [6, 6.07) is 15.7. The zero-order valence-corrected chi connectivity index (χ0v) is 19.0. The first-order chi connectivity index (χ1) is 16.1. The molecule has 0 saturated carbocycles. The van der Waals surface area contributed by atoms with Gasteiger partial charge in [0.05, 0.1) is 24.3 Å². The molecule has 0 saturated heterocycles. The lowest BCUT2D eigenvalue weighted by molar-refractivity contribution is -0.118. The van der Waals surface area contributed by atoms with Crippen LogP contribution in [0.2, 0.25) is 0 Å². The maximum atomic E-state index is 13.2. The molecule has 0 radical (unpaired) electrons. The largest absolute Gasteiger partial charge is 0.497 e. The average Bonchev–Trinajstić information content (AvgIpc) is 3.21. The second-order valence-corrected chi connectivity index (χ2v) is 8.68. The van der Waals surface area contributed by atoms with Crippen molar-refractivity contribution < 1.29 is 19.1 Å². The minimum absolute atomic E-state index is 0.200. The number of carbonyl (C=O) groups is 2. The Morgan fingerprint density at radius 3 is 2.39 bits per heavy atom. The molecule has 0 atom stereocenters. The molecule has 33 heavy (non-hydrogen) atoms. The van der Waals surface area contributed by atoms with E-state index in [0.717, 1.165) is 36.1 Å². The molecule has 0 spiro atoms. The van der Waals surface area contributed by atoms with Crippen molar-refractivity contribution in [3.63, 3.8) is 0 Å². The number of amides is 2. The van der Waals surface area contributed by atoms with Gasteiger partial charge in [-0.25, -0.2) is 0 Å². The van der Waals surface area contributed by atoms with Crippen LogP contribution in [0.3, 0.4) is 0 Å². The molecule has 4 rings (SSSR count). The molecule has 168 valence electrons. The van der Waals surface area contributed by atoms with E-state index < -0.39 is 0 Å². The molecule has 1 aliphatic carbocycles. The number of anilines is 2. The van der Waals surface area contributed by atoms with E-state index in [1.54, 1.807) is 55.6 Å². The summed E-state index contributed by atoms with van der Waals surface area (Å²) >= 11 is 1.46. The smallest absolute Gasteiger partial charge is 0.262 e. The molecule has 3 aromatic rings. The lowest BCUT2D eigenvalue weighted by Gasteiger charge is -2.13. The molecule has 1 aromatic heterocycles. The molecule has 2 N–H and O–H groups in total. The van der Waals surface area contributed by atoms with Crippen LogP contribution in [0, 0.1) is 11.3 Å². The number of hydrogen-bond donors (Lipinski definition) is 2. The first-order valence-electron chi connectivity index (χ1n) is 10.6. The summed E-state index contributed by atoms with van der Waals surface area (Å²) in [6.45, 7) is -0.200. The van der Waals surface area contributed by atoms with Crippen LogP contribution in [0.15, 0.2) is 48.5 Å². The molecule has 0 unspecified atom stereocenters. The van der Waals surface area contributed by atoms with Crippen molar-refractivity contribution >= 4 is 33.8 Å². The highest BCUT2D eigenvalue weighted by molar-refractivity contribution is 7.17. The maximum Gasteiger partial charge on any atom is 0.262 e. The van der Waals surface area contributed by atoms with Gasteiger partial charge in [-0.3, -0.25) is 9.59 Å². The average molecular weight is 462 g/mol. The monoisotopic (exact) mass is 461 g/mol. The molecular formula is C25H23N3O4S. The Morgan fingerprint density at radius 2 is 1.70 bits per heavy atom. The molecule has 1 heterocycles. The van der Waals surface area contributed by atoms with Gasteiger partial charge in [-0.05, 0) is 79.8 Å². The highest BCUT2D eigenvalue weighted by Crippen LogP contribution is 2.38. The summed E-state index contributed by atoms with van der Waals surface area (Å²) in [5.74, 6) is 0.600. The summed E-state index contributed by atoms with van der Waals surface area (Å²) in [5, 5.41) is 15.2. The molecule has 1 aliphatic rings. The molecular weight excluding hydrogens is 438 g/mol. The van der Waals surface area contributed by atoms with Crippen LogP contribution >= 0.6 is 11.3 Å². The highest BCUT2D eigenvalue weighted by atomic mass is 32.1. The Hall–Kier alpha value is -3.83. The number of rotatable bonds is 7. The van der Waals surface area contributed by atoms with Crippen molar-refractivity contribution in [1.82, 2.24) is 0 Å². The summed E-state index contributed by atoms with van der Waals surface area (Å²) < 4.78 is 10.7. The Balaban J connectivity index is 1.48. The second kappa shape index (κ2) is 10.2. The molecule has 0 aliphatic heterocycles. The Kier molecular flexibility index (Phi) is 6.91. The van der Waals surface area contributed by atoms with Gasteiger partial charge in [0.15, 0.2) is 6.61 Å². The van der Waals surface area contributed by atoms with E-state index in [1.807, 2.05) is 6.07 Å². The Morgan fingerprint density at radius 1 is 1.00 bits per heavy atom. The summed E-state index contributed by atoms with van der Waals surface area (Å²) in [5.41, 5.74) is 2.71. The third kappa shape index (κ3) is 5.33. The molecule has 2 aromatic carbocycles. The quantitative estimate of drug-likeness (QED) is 0.528. The van der Waals surface area contributed by atoms with Crippen molar-refractivity contribution in [2.45, 2.75) is 25.7 Å². The Labute approximate surface area is 196 Å². The summed E-state index contributed by atoms with van der Waals surface area (Å²) in [4.78, 5) is 26.9. The summed E-state index contributed by atoms with van der Waals surface area (Å²) in [6.07, 6.45) is 3.80. The van der Waals surface area contributed by atoms with Crippen LogP contribution in [0.25, 0.3) is 0 Å². The van der Waals surface area contributed by atoms with Gasteiger partial charge in [0.1, 0.15) is 16.5 Å².